The molecule has 0 saturated carbocycles. The van der Waals surface area contributed by atoms with Crippen molar-refractivity contribution in [3.63, 3.8) is 0 Å². The van der Waals surface area contributed by atoms with Crippen LogP contribution in [0.15, 0.2) is 30.3 Å². The van der Waals surface area contributed by atoms with Gasteiger partial charge in [0.05, 0.1) is 5.69 Å². The minimum absolute atomic E-state index is 0.0755. The third-order valence-electron chi connectivity index (χ3n) is 4.85. The summed E-state index contributed by atoms with van der Waals surface area (Å²) in [7, 11) is 0. The first-order valence-corrected chi connectivity index (χ1v) is 9.14. The second-order valence-electron chi connectivity index (χ2n) is 6.96. The summed E-state index contributed by atoms with van der Waals surface area (Å²) in [5.41, 5.74) is 3.55. The summed E-state index contributed by atoms with van der Waals surface area (Å²) < 4.78 is 1.74. The molecule has 3 rings (SSSR count). The summed E-state index contributed by atoms with van der Waals surface area (Å²) in [4.78, 5) is 26.6. The Hall–Kier alpha value is -2.63. The number of likely N-dealkylation sites (tertiary alicyclic amines) is 1. The Morgan fingerprint density at radius 3 is 2.38 bits per heavy atom. The highest BCUT2D eigenvalue weighted by atomic mass is 16.2. The average molecular weight is 354 g/mol. The zero-order chi connectivity index (χ0) is 18.7. The summed E-state index contributed by atoms with van der Waals surface area (Å²) in [6.07, 6.45) is 2.17. The molecule has 0 bridgehead atoms. The molecule has 1 aliphatic heterocycles. The van der Waals surface area contributed by atoms with Crippen molar-refractivity contribution in [2.75, 3.05) is 13.1 Å². The lowest BCUT2D eigenvalue weighted by molar-refractivity contribution is -0.124. The maximum Gasteiger partial charge on any atom is 0.253 e. The van der Waals surface area contributed by atoms with E-state index in [9.17, 15) is 9.59 Å². The molecule has 1 aliphatic rings. The number of hydrogen-bond acceptors (Lipinski definition) is 3. The van der Waals surface area contributed by atoms with E-state index in [2.05, 4.69) is 10.4 Å². The zero-order valence-corrected chi connectivity index (χ0v) is 15.7. The van der Waals surface area contributed by atoms with Crippen molar-refractivity contribution in [2.24, 2.45) is 0 Å². The molecule has 6 nitrogen and oxygen atoms in total. The van der Waals surface area contributed by atoms with Crippen LogP contribution < -0.4 is 5.32 Å². The molecule has 0 aliphatic carbocycles. The molecule has 6 heteroatoms. The number of hydrogen-bond donors (Lipinski definition) is 1. The van der Waals surface area contributed by atoms with Gasteiger partial charge >= 0.3 is 0 Å². The fourth-order valence-electron chi connectivity index (χ4n) is 3.35. The molecule has 1 aromatic heterocycles. The molecule has 1 atom stereocenters. The molecular formula is C20H26N4O2. The van der Waals surface area contributed by atoms with E-state index in [1.54, 1.807) is 4.68 Å². The summed E-state index contributed by atoms with van der Waals surface area (Å²) in [5.74, 6) is 0.0182. The molecule has 2 amide bonds. The first-order valence-electron chi connectivity index (χ1n) is 9.14. The largest absolute Gasteiger partial charge is 0.350 e. The lowest BCUT2D eigenvalue weighted by atomic mass is 10.1. The van der Waals surface area contributed by atoms with Gasteiger partial charge in [0.2, 0.25) is 5.91 Å². The van der Waals surface area contributed by atoms with Crippen molar-refractivity contribution in [2.45, 2.75) is 46.2 Å². The van der Waals surface area contributed by atoms with Crippen LogP contribution in [0.4, 0.5) is 0 Å². The van der Waals surface area contributed by atoms with E-state index in [1.807, 2.05) is 56.0 Å². The van der Waals surface area contributed by atoms with E-state index >= 15 is 0 Å². The molecule has 1 fully saturated rings. The lowest BCUT2D eigenvalue weighted by Gasteiger charge is -2.16. The predicted octanol–water partition coefficient (Wildman–Crippen LogP) is 2.61. The highest BCUT2D eigenvalue weighted by Gasteiger charge is 2.20. The van der Waals surface area contributed by atoms with Crippen LogP contribution in [-0.2, 0) is 11.3 Å². The van der Waals surface area contributed by atoms with E-state index in [4.69, 9.17) is 0 Å². The lowest BCUT2D eigenvalue weighted by Crippen LogP contribution is -2.31. The molecule has 2 heterocycles. The van der Waals surface area contributed by atoms with Crippen molar-refractivity contribution < 1.29 is 9.59 Å². The van der Waals surface area contributed by atoms with Crippen LogP contribution in [0.2, 0.25) is 0 Å². The van der Waals surface area contributed by atoms with Crippen LogP contribution in [0.1, 0.15) is 53.1 Å². The van der Waals surface area contributed by atoms with Crippen LogP contribution in [0, 0.1) is 13.8 Å². The Kier molecular flexibility index (Phi) is 5.40. The second kappa shape index (κ2) is 7.72. The van der Waals surface area contributed by atoms with Gasteiger partial charge in [-0.05, 0) is 57.4 Å². The van der Waals surface area contributed by atoms with E-state index in [0.717, 1.165) is 42.9 Å². The van der Waals surface area contributed by atoms with Gasteiger partial charge in [-0.15, -0.1) is 0 Å². The van der Waals surface area contributed by atoms with Gasteiger partial charge in [-0.3, -0.25) is 14.3 Å². The van der Waals surface area contributed by atoms with Crippen LogP contribution in [-0.4, -0.2) is 39.6 Å². The van der Waals surface area contributed by atoms with Crippen molar-refractivity contribution in [1.29, 1.82) is 0 Å². The molecule has 1 N–H and O–H groups in total. The number of carbonyl (C=O) groups is 2. The number of carbonyl (C=O) groups excluding carboxylic acids is 2. The van der Waals surface area contributed by atoms with Crippen molar-refractivity contribution in [1.82, 2.24) is 20.0 Å². The fraction of sp³-hybridized carbons (Fsp3) is 0.450. The Morgan fingerprint density at radius 1 is 1.15 bits per heavy atom. The van der Waals surface area contributed by atoms with Gasteiger partial charge in [0.25, 0.3) is 5.91 Å². The van der Waals surface area contributed by atoms with Gasteiger partial charge < -0.3 is 10.2 Å². The van der Waals surface area contributed by atoms with Gasteiger partial charge in [0.1, 0.15) is 6.04 Å². The molecule has 2 aromatic rings. The summed E-state index contributed by atoms with van der Waals surface area (Å²) in [6, 6.07) is 9.08. The SMILES string of the molecule is Cc1cc(C)n([C@H](C)C(=O)NCc2ccc(C(=O)N3CCCC3)cc2)n1. The average Bonchev–Trinajstić information content (AvgIpc) is 3.28. The summed E-state index contributed by atoms with van der Waals surface area (Å²) in [6.45, 7) is 7.83. The first-order chi connectivity index (χ1) is 12.5. The minimum atomic E-state index is -0.361. The number of amides is 2. The Bertz CT molecular complexity index is 789. The Morgan fingerprint density at radius 2 is 1.81 bits per heavy atom. The molecule has 1 saturated heterocycles. The Balaban J connectivity index is 1.56. The third kappa shape index (κ3) is 3.95. The van der Waals surface area contributed by atoms with Gasteiger partial charge in [0.15, 0.2) is 0 Å². The highest BCUT2D eigenvalue weighted by molar-refractivity contribution is 5.94. The van der Waals surface area contributed by atoms with Gasteiger partial charge in [-0.1, -0.05) is 12.1 Å². The molecular weight excluding hydrogens is 328 g/mol. The van der Waals surface area contributed by atoms with E-state index in [-0.39, 0.29) is 17.9 Å². The highest BCUT2D eigenvalue weighted by Crippen LogP contribution is 2.14. The predicted molar refractivity (Wildman–Crippen MR) is 99.8 cm³/mol. The van der Waals surface area contributed by atoms with Crippen LogP contribution in [0.3, 0.4) is 0 Å². The number of benzene rings is 1. The smallest absolute Gasteiger partial charge is 0.253 e. The zero-order valence-electron chi connectivity index (χ0n) is 15.7. The second-order valence-corrected chi connectivity index (χ2v) is 6.96. The first kappa shape index (κ1) is 18.2. The topological polar surface area (TPSA) is 67.2 Å². The van der Waals surface area contributed by atoms with Gasteiger partial charge in [-0.25, -0.2) is 0 Å². The van der Waals surface area contributed by atoms with Crippen molar-refractivity contribution >= 4 is 11.8 Å². The van der Waals surface area contributed by atoms with Crippen LogP contribution >= 0.6 is 0 Å². The third-order valence-corrected chi connectivity index (χ3v) is 4.85. The maximum atomic E-state index is 12.4. The monoisotopic (exact) mass is 354 g/mol. The van der Waals surface area contributed by atoms with Crippen molar-refractivity contribution in [3.05, 3.63) is 52.8 Å². The molecule has 0 spiro atoms. The summed E-state index contributed by atoms with van der Waals surface area (Å²) in [5, 5.41) is 7.31. The normalized spacial score (nSPS) is 15.1. The summed E-state index contributed by atoms with van der Waals surface area (Å²) >= 11 is 0. The Labute approximate surface area is 154 Å². The fourth-order valence-corrected chi connectivity index (χ4v) is 3.35. The number of nitrogens with one attached hydrogen (secondary N) is 1. The van der Waals surface area contributed by atoms with Crippen molar-refractivity contribution in [3.8, 4) is 0 Å². The van der Waals surface area contributed by atoms with E-state index < -0.39 is 0 Å². The molecule has 0 radical (unpaired) electrons. The number of rotatable bonds is 5. The molecule has 1 aromatic carbocycles. The number of aryl methyl sites for hydroxylation is 2. The number of aromatic nitrogens is 2. The molecule has 0 unspecified atom stereocenters. The number of nitrogens with zero attached hydrogens (tertiary/aromatic N) is 3. The molecule has 26 heavy (non-hydrogen) atoms. The van der Waals surface area contributed by atoms with Crippen LogP contribution in [0.25, 0.3) is 0 Å². The van der Waals surface area contributed by atoms with E-state index in [0.29, 0.717) is 12.1 Å². The van der Waals surface area contributed by atoms with Crippen LogP contribution in [0.5, 0.6) is 0 Å². The van der Waals surface area contributed by atoms with E-state index in [1.165, 1.54) is 0 Å². The van der Waals surface area contributed by atoms with Gasteiger partial charge in [-0.2, -0.15) is 5.10 Å². The molecule has 138 valence electrons. The quantitative estimate of drug-likeness (QED) is 0.897. The van der Waals surface area contributed by atoms with Gasteiger partial charge in [0, 0.05) is 30.9 Å². The maximum absolute atomic E-state index is 12.4. The standard InChI is InChI=1S/C20H26N4O2/c1-14-12-15(2)24(22-14)16(3)19(25)21-13-17-6-8-18(9-7-17)20(26)23-10-4-5-11-23/h6-9,12,16H,4-5,10-11,13H2,1-3H3,(H,21,25)/t16-/m1/s1. The minimum Gasteiger partial charge on any atom is -0.350 e.